The van der Waals surface area contributed by atoms with Gasteiger partial charge in [-0.05, 0) is 24.8 Å². The standard InChI is InChI=1S/C9H11ClOS/c1-6-4-5-7(12-3)9(11-2)8(6)10/h4-5H,1-3H3. The Morgan fingerprint density at radius 2 is 2.08 bits per heavy atom. The molecule has 1 aromatic rings. The lowest BCUT2D eigenvalue weighted by Crippen LogP contribution is -1.89. The molecule has 0 saturated heterocycles. The Morgan fingerprint density at radius 1 is 1.42 bits per heavy atom. The monoisotopic (exact) mass is 202 g/mol. The summed E-state index contributed by atoms with van der Waals surface area (Å²) < 4.78 is 5.20. The Bertz CT molecular complexity index is 286. The van der Waals surface area contributed by atoms with E-state index in [1.165, 1.54) is 0 Å². The predicted octanol–water partition coefficient (Wildman–Crippen LogP) is 3.38. The summed E-state index contributed by atoms with van der Waals surface area (Å²) in [5.74, 6) is 0.782. The minimum atomic E-state index is 0.712. The van der Waals surface area contributed by atoms with E-state index >= 15 is 0 Å². The van der Waals surface area contributed by atoms with Crippen LogP contribution in [0.5, 0.6) is 5.75 Å². The van der Waals surface area contributed by atoms with Gasteiger partial charge in [0.1, 0.15) is 0 Å². The first-order valence-electron chi connectivity index (χ1n) is 3.57. The van der Waals surface area contributed by atoms with Crippen molar-refractivity contribution in [2.75, 3.05) is 13.4 Å². The highest BCUT2D eigenvalue weighted by atomic mass is 35.5. The maximum absolute atomic E-state index is 6.04. The van der Waals surface area contributed by atoms with Gasteiger partial charge < -0.3 is 4.74 Å². The molecule has 3 heteroatoms. The van der Waals surface area contributed by atoms with Crippen molar-refractivity contribution < 1.29 is 4.74 Å². The van der Waals surface area contributed by atoms with Crippen LogP contribution in [0.15, 0.2) is 17.0 Å². The number of halogens is 1. The van der Waals surface area contributed by atoms with Crippen molar-refractivity contribution in [1.29, 1.82) is 0 Å². The van der Waals surface area contributed by atoms with Gasteiger partial charge in [-0.3, -0.25) is 0 Å². The number of rotatable bonds is 2. The summed E-state index contributed by atoms with van der Waals surface area (Å²) >= 11 is 7.67. The topological polar surface area (TPSA) is 9.23 Å². The largest absolute Gasteiger partial charge is 0.494 e. The summed E-state index contributed by atoms with van der Waals surface area (Å²) in [6, 6.07) is 4.02. The number of methoxy groups -OCH3 is 1. The van der Waals surface area contributed by atoms with Gasteiger partial charge in [0.2, 0.25) is 0 Å². The van der Waals surface area contributed by atoms with E-state index in [4.69, 9.17) is 16.3 Å². The van der Waals surface area contributed by atoms with E-state index in [9.17, 15) is 0 Å². The number of aryl methyl sites for hydroxylation is 1. The summed E-state index contributed by atoms with van der Waals surface area (Å²) in [6.45, 7) is 1.97. The number of hydrogen-bond acceptors (Lipinski definition) is 2. The molecular weight excluding hydrogens is 192 g/mol. The molecule has 0 amide bonds. The first kappa shape index (κ1) is 9.75. The molecule has 0 spiro atoms. The first-order chi connectivity index (χ1) is 5.70. The summed E-state index contributed by atoms with van der Waals surface area (Å²) in [4.78, 5) is 1.08. The van der Waals surface area contributed by atoms with E-state index in [1.807, 2.05) is 25.3 Å². The summed E-state index contributed by atoms with van der Waals surface area (Å²) in [5.41, 5.74) is 1.05. The van der Waals surface area contributed by atoms with Gasteiger partial charge in [0.25, 0.3) is 0 Å². The smallest absolute Gasteiger partial charge is 0.151 e. The second kappa shape index (κ2) is 4.06. The first-order valence-corrected chi connectivity index (χ1v) is 5.18. The Kier molecular flexibility index (Phi) is 3.29. The summed E-state index contributed by atoms with van der Waals surface area (Å²) in [6.07, 6.45) is 2.00. The molecule has 0 saturated carbocycles. The Morgan fingerprint density at radius 3 is 2.58 bits per heavy atom. The second-order valence-electron chi connectivity index (χ2n) is 2.43. The fourth-order valence-electron chi connectivity index (χ4n) is 0.988. The molecule has 66 valence electrons. The van der Waals surface area contributed by atoms with Crippen LogP contribution >= 0.6 is 23.4 Å². The zero-order chi connectivity index (χ0) is 9.14. The molecule has 1 nitrogen and oxygen atoms in total. The van der Waals surface area contributed by atoms with Crippen LogP contribution < -0.4 is 4.74 Å². The Labute approximate surface area is 82.1 Å². The number of thioether (sulfide) groups is 1. The van der Waals surface area contributed by atoms with E-state index in [0.29, 0.717) is 5.02 Å². The maximum Gasteiger partial charge on any atom is 0.151 e. The highest BCUT2D eigenvalue weighted by molar-refractivity contribution is 7.98. The Balaban J connectivity index is 3.25. The van der Waals surface area contributed by atoms with Crippen molar-refractivity contribution in [2.24, 2.45) is 0 Å². The fourth-order valence-corrected chi connectivity index (χ4v) is 1.86. The highest BCUT2D eigenvalue weighted by Gasteiger charge is 2.08. The molecule has 0 aromatic heterocycles. The van der Waals surface area contributed by atoms with Crippen molar-refractivity contribution in [1.82, 2.24) is 0 Å². The molecule has 0 bridgehead atoms. The molecule has 0 unspecified atom stereocenters. The van der Waals surface area contributed by atoms with E-state index in [-0.39, 0.29) is 0 Å². The molecule has 1 rings (SSSR count). The van der Waals surface area contributed by atoms with E-state index < -0.39 is 0 Å². The molecule has 0 aliphatic carbocycles. The maximum atomic E-state index is 6.04. The third-order valence-electron chi connectivity index (χ3n) is 1.68. The molecule has 0 atom stereocenters. The zero-order valence-electron chi connectivity index (χ0n) is 7.35. The van der Waals surface area contributed by atoms with Gasteiger partial charge in [-0.1, -0.05) is 17.7 Å². The highest BCUT2D eigenvalue weighted by Crippen LogP contribution is 2.36. The molecule has 1 aromatic carbocycles. The van der Waals surface area contributed by atoms with Crippen LogP contribution in [0.3, 0.4) is 0 Å². The SMILES string of the molecule is COc1c(SC)ccc(C)c1Cl. The fraction of sp³-hybridized carbons (Fsp3) is 0.333. The third-order valence-corrected chi connectivity index (χ3v) is 2.91. The zero-order valence-corrected chi connectivity index (χ0v) is 8.92. The van der Waals surface area contributed by atoms with E-state index in [1.54, 1.807) is 18.9 Å². The van der Waals surface area contributed by atoms with Crippen molar-refractivity contribution in [2.45, 2.75) is 11.8 Å². The quantitative estimate of drug-likeness (QED) is 0.680. The minimum Gasteiger partial charge on any atom is -0.494 e. The lowest BCUT2D eigenvalue weighted by Gasteiger charge is -2.09. The van der Waals surface area contributed by atoms with Crippen LogP contribution in [-0.4, -0.2) is 13.4 Å². The van der Waals surface area contributed by atoms with E-state index in [2.05, 4.69) is 0 Å². The van der Waals surface area contributed by atoms with Crippen molar-refractivity contribution >= 4 is 23.4 Å². The van der Waals surface area contributed by atoms with Gasteiger partial charge in [-0.25, -0.2) is 0 Å². The number of benzene rings is 1. The molecule has 0 heterocycles. The molecule has 0 fully saturated rings. The molecule has 0 aliphatic heterocycles. The average Bonchev–Trinajstić information content (AvgIpc) is 2.09. The lowest BCUT2D eigenvalue weighted by atomic mass is 10.2. The van der Waals surface area contributed by atoms with Gasteiger partial charge >= 0.3 is 0 Å². The van der Waals surface area contributed by atoms with Crippen LogP contribution in [0.1, 0.15) is 5.56 Å². The number of hydrogen-bond donors (Lipinski definition) is 0. The lowest BCUT2D eigenvalue weighted by molar-refractivity contribution is 0.405. The van der Waals surface area contributed by atoms with Gasteiger partial charge in [0, 0.05) is 0 Å². The van der Waals surface area contributed by atoms with Crippen LogP contribution in [0, 0.1) is 6.92 Å². The molecular formula is C9H11ClOS. The molecule has 0 aliphatic rings. The number of ether oxygens (including phenoxy) is 1. The van der Waals surface area contributed by atoms with Gasteiger partial charge in [-0.2, -0.15) is 0 Å². The second-order valence-corrected chi connectivity index (χ2v) is 3.66. The van der Waals surface area contributed by atoms with Gasteiger partial charge in [0.15, 0.2) is 5.75 Å². The van der Waals surface area contributed by atoms with Crippen LogP contribution in [0.2, 0.25) is 5.02 Å². The molecule has 0 N–H and O–H groups in total. The van der Waals surface area contributed by atoms with Crippen LogP contribution in [0.4, 0.5) is 0 Å². The summed E-state index contributed by atoms with van der Waals surface area (Å²) in [7, 11) is 1.64. The van der Waals surface area contributed by atoms with Crippen LogP contribution in [0.25, 0.3) is 0 Å². The molecule has 0 radical (unpaired) electrons. The predicted molar refractivity (Wildman–Crippen MR) is 54.5 cm³/mol. The molecule has 12 heavy (non-hydrogen) atoms. The van der Waals surface area contributed by atoms with Crippen molar-refractivity contribution in [3.63, 3.8) is 0 Å². The van der Waals surface area contributed by atoms with Gasteiger partial charge in [-0.15, -0.1) is 11.8 Å². The van der Waals surface area contributed by atoms with Crippen LogP contribution in [-0.2, 0) is 0 Å². The van der Waals surface area contributed by atoms with Gasteiger partial charge in [0.05, 0.1) is 17.0 Å². The van der Waals surface area contributed by atoms with E-state index in [0.717, 1.165) is 16.2 Å². The normalized spacial score (nSPS) is 10.0. The van der Waals surface area contributed by atoms with Crippen molar-refractivity contribution in [3.05, 3.63) is 22.7 Å². The minimum absolute atomic E-state index is 0.712. The Hall–Kier alpha value is -0.340. The van der Waals surface area contributed by atoms with Crippen molar-refractivity contribution in [3.8, 4) is 5.75 Å². The third kappa shape index (κ3) is 1.70. The average molecular weight is 203 g/mol. The summed E-state index contributed by atoms with van der Waals surface area (Å²) in [5, 5.41) is 0.712.